The first-order chi connectivity index (χ1) is 18.9. The average molecular weight is 627 g/mol. The summed E-state index contributed by atoms with van der Waals surface area (Å²) in [6.45, 7) is -0.645. The number of primary amides is 1. The van der Waals surface area contributed by atoms with Crippen molar-refractivity contribution in [2.75, 3.05) is 11.9 Å². The van der Waals surface area contributed by atoms with Crippen molar-refractivity contribution >= 4 is 33.6 Å². The molecule has 0 aliphatic carbocycles. The number of hydrogen-bond acceptors (Lipinski definition) is 7. The standard InChI is InChI=1S/C25H16BrF5N4O5/c26-21-20(12-3-5-13(6-4-12)25(29,30)31)35-23(40-21)17(11-38-24(37)34-14-2-1-9-33-10-14)39-16-8-7-15(27)18(19(16)28)22(32)36/h1-10,17H,11H2,(H2,32,36)(H,34,37)/t17-/m0/s1. The lowest BCUT2D eigenvalue weighted by Gasteiger charge is -2.18. The van der Waals surface area contributed by atoms with Crippen LogP contribution in [0.25, 0.3) is 11.3 Å². The molecule has 9 nitrogen and oxygen atoms in total. The molecule has 208 valence electrons. The van der Waals surface area contributed by atoms with Crippen LogP contribution in [0.2, 0.25) is 0 Å². The van der Waals surface area contributed by atoms with Gasteiger partial charge in [-0.25, -0.2) is 18.6 Å². The van der Waals surface area contributed by atoms with Gasteiger partial charge in [0.05, 0.1) is 17.4 Å². The Kier molecular flexibility index (Phi) is 8.32. The van der Waals surface area contributed by atoms with Gasteiger partial charge in [0.25, 0.3) is 5.91 Å². The second-order valence-corrected chi connectivity index (χ2v) is 8.64. The van der Waals surface area contributed by atoms with Crippen molar-refractivity contribution in [1.82, 2.24) is 9.97 Å². The maximum atomic E-state index is 14.9. The molecule has 4 rings (SSSR count). The molecule has 0 fully saturated rings. The van der Waals surface area contributed by atoms with E-state index in [0.717, 1.165) is 36.4 Å². The number of hydrogen-bond donors (Lipinski definition) is 2. The molecule has 1 atom stereocenters. The predicted molar refractivity (Wildman–Crippen MR) is 132 cm³/mol. The van der Waals surface area contributed by atoms with E-state index in [2.05, 4.69) is 31.2 Å². The van der Waals surface area contributed by atoms with Crippen molar-refractivity contribution in [1.29, 1.82) is 0 Å². The van der Waals surface area contributed by atoms with Crippen LogP contribution < -0.4 is 15.8 Å². The summed E-state index contributed by atoms with van der Waals surface area (Å²) < 4.78 is 83.9. The van der Waals surface area contributed by atoms with Gasteiger partial charge in [-0.2, -0.15) is 13.2 Å². The Labute approximate surface area is 230 Å². The fourth-order valence-electron chi connectivity index (χ4n) is 3.35. The van der Waals surface area contributed by atoms with Crippen LogP contribution in [0.3, 0.4) is 0 Å². The molecule has 4 aromatic rings. The highest BCUT2D eigenvalue weighted by atomic mass is 79.9. The predicted octanol–water partition coefficient (Wildman–Crippen LogP) is 6.26. The number of rotatable bonds is 8. The number of carbonyl (C=O) groups is 2. The number of carbonyl (C=O) groups excluding carboxylic acids is 2. The van der Waals surface area contributed by atoms with Crippen LogP contribution in [0.4, 0.5) is 32.4 Å². The molecule has 2 aromatic carbocycles. The van der Waals surface area contributed by atoms with Crippen LogP contribution >= 0.6 is 15.9 Å². The van der Waals surface area contributed by atoms with E-state index in [9.17, 15) is 31.5 Å². The molecular formula is C25H16BrF5N4O5. The summed E-state index contributed by atoms with van der Waals surface area (Å²) in [7, 11) is 0. The van der Waals surface area contributed by atoms with Gasteiger partial charge in [0.2, 0.25) is 12.0 Å². The van der Waals surface area contributed by atoms with Gasteiger partial charge < -0.3 is 19.6 Å². The lowest BCUT2D eigenvalue weighted by molar-refractivity contribution is -0.137. The van der Waals surface area contributed by atoms with Gasteiger partial charge in [0, 0.05) is 11.8 Å². The summed E-state index contributed by atoms with van der Waals surface area (Å²) in [6.07, 6.45) is -4.18. The molecule has 15 heteroatoms. The van der Waals surface area contributed by atoms with Gasteiger partial charge in [-0.15, -0.1) is 0 Å². The van der Waals surface area contributed by atoms with Crippen molar-refractivity contribution < 1.29 is 45.4 Å². The summed E-state index contributed by atoms with van der Waals surface area (Å²) in [4.78, 5) is 31.9. The van der Waals surface area contributed by atoms with Gasteiger partial charge in [-0.05, 0) is 52.3 Å². The highest BCUT2D eigenvalue weighted by Gasteiger charge is 2.31. The van der Waals surface area contributed by atoms with Crippen molar-refractivity contribution in [3.8, 4) is 17.0 Å². The zero-order valence-corrected chi connectivity index (χ0v) is 21.4. The molecule has 0 saturated heterocycles. The van der Waals surface area contributed by atoms with E-state index in [1.54, 1.807) is 6.07 Å². The summed E-state index contributed by atoms with van der Waals surface area (Å²) in [6, 6.07) is 8.69. The number of amides is 2. The fourth-order valence-corrected chi connectivity index (χ4v) is 3.83. The second-order valence-electron chi connectivity index (χ2n) is 7.92. The van der Waals surface area contributed by atoms with Gasteiger partial charge in [-0.1, -0.05) is 12.1 Å². The number of oxazole rings is 1. The maximum Gasteiger partial charge on any atom is 0.416 e. The Morgan fingerprint density at radius 2 is 1.82 bits per heavy atom. The van der Waals surface area contributed by atoms with Gasteiger partial charge in [0.1, 0.15) is 23.7 Å². The molecule has 0 unspecified atom stereocenters. The number of ether oxygens (including phenoxy) is 2. The number of aromatic nitrogens is 2. The van der Waals surface area contributed by atoms with Crippen LogP contribution in [-0.2, 0) is 10.9 Å². The summed E-state index contributed by atoms with van der Waals surface area (Å²) in [5.74, 6) is -5.01. The molecule has 0 bridgehead atoms. The first-order valence-electron chi connectivity index (χ1n) is 11.1. The first-order valence-corrected chi connectivity index (χ1v) is 11.9. The first kappa shape index (κ1) is 28.5. The lowest BCUT2D eigenvalue weighted by atomic mass is 10.1. The second kappa shape index (κ2) is 11.7. The Hall–Kier alpha value is -4.53. The van der Waals surface area contributed by atoms with Gasteiger partial charge >= 0.3 is 12.3 Å². The smallest absolute Gasteiger partial charge is 0.416 e. The number of halogens is 6. The Balaban J connectivity index is 1.64. The van der Waals surface area contributed by atoms with Crippen LogP contribution in [0.1, 0.15) is 27.9 Å². The number of benzene rings is 2. The third-order valence-corrected chi connectivity index (χ3v) is 5.75. The molecule has 2 amide bonds. The molecule has 0 saturated carbocycles. The van der Waals surface area contributed by atoms with Gasteiger partial charge in [-0.3, -0.25) is 15.1 Å². The summed E-state index contributed by atoms with van der Waals surface area (Å²) >= 11 is 3.13. The van der Waals surface area contributed by atoms with E-state index in [0.29, 0.717) is 5.69 Å². The topological polar surface area (TPSA) is 130 Å². The molecule has 40 heavy (non-hydrogen) atoms. The van der Waals surface area contributed by atoms with E-state index in [4.69, 9.17) is 19.6 Å². The van der Waals surface area contributed by atoms with Crippen LogP contribution in [0.15, 0.2) is 70.0 Å². The van der Waals surface area contributed by atoms with Crippen LogP contribution in [-0.4, -0.2) is 28.6 Å². The molecular weight excluding hydrogens is 611 g/mol. The number of nitrogens with zero attached hydrogens (tertiary/aromatic N) is 2. The van der Waals surface area contributed by atoms with E-state index in [1.807, 2.05) is 0 Å². The van der Waals surface area contributed by atoms with E-state index >= 15 is 0 Å². The number of anilines is 1. The molecule has 0 aliphatic rings. The fraction of sp³-hybridized carbons (Fsp3) is 0.120. The third-order valence-electron chi connectivity index (χ3n) is 5.21. The van der Waals surface area contributed by atoms with Crippen LogP contribution in [0, 0.1) is 11.6 Å². The minimum atomic E-state index is -4.56. The largest absolute Gasteiger partial charge is 0.474 e. The Bertz CT molecular complexity index is 1530. The summed E-state index contributed by atoms with van der Waals surface area (Å²) in [5, 5.41) is 2.40. The third kappa shape index (κ3) is 6.54. The Morgan fingerprint density at radius 3 is 2.45 bits per heavy atom. The quantitative estimate of drug-likeness (QED) is 0.221. The number of nitrogens with one attached hydrogen (secondary N) is 1. The van der Waals surface area contributed by atoms with E-state index in [-0.39, 0.29) is 21.8 Å². The highest BCUT2D eigenvalue weighted by molar-refractivity contribution is 9.10. The molecule has 2 aromatic heterocycles. The SMILES string of the molecule is NC(=O)c1c(F)ccc(O[C@@H](COC(=O)Nc2cccnc2)c2nc(-c3ccc(C(F)(F)F)cc3)c(Br)o2)c1F. The monoisotopic (exact) mass is 626 g/mol. The lowest BCUT2D eigenvalue weighted by Crippen LogP contribution is -2.22. The molecule has 0 aliphatic heterocycles. The highest BCUT2D eigenvalue weighted by Crippen LogP contribution is 2.36. The average Bonchev–Trinajstić information content (AvgIpc) is 3.29. The maximum absolute atomic E-state index is 14.9. The van der Waals surface area contributed by atoms with Gasteiger partial charge in [0.15, 0.2) is 16.2 Å². The summed E-state index contributed by atoms with van der Waals surface area (Å²) in [5.41, 5.74) is 3.67. The van der Waals surface area contributed by atoms with Crippen LogP contribution in [0.5, 0.6) is 5.75 Å². The number of pyridine rings is 1. The van der Waals surface area contributed by atoms with E-state index in [1.165, 1.54) is 18.5 Å². The molecule has 2 heterocycles. The van der Waals surface area contributed by atoms with Crippen molar-refractivity contribution in [2.45, 2.75) is 12.3 Å². The van der Waals surface area contributed by atoms with E-state index < -0.39 is 59.4 Å². The van der Waals surface area contributed by atoms with Crippen molar-refractivity contribution in [3.05, 3.63) is 94.2 Å². The number of nitrogens with two attached hydrogens (primary N) is 1. The Morgan fingerprint density at radius 1 is 1.10 bits per heavy atom. The normalized spacial score (nSPS) is 12.1. The molecule has 0 spiro atoms. The zero-order chi connectivity index (χ0) is 29.0. The molecule has 0 radical (unpaired) electrons. The zero-order valence-electron chi connectivity index (χ0n) is 19.8. The molecule has 3 N–H and O–H groups in total. The van der Waals surface area contributed by atoms with Crippen molar-refractivity contribution in [3.63, 3.8) is 0 Å². The number of alkyl halides is 3. The minimum Gasteiger partial charge on any atom is -0.474 e. The minimum absolute atomic E-state index is 0.0342. The van der Waals surface area contributed by atoms with Crippen molar-refractivity contribution in [2.24, 2.45) is 5.73 Å².